The first-order valence-corrected chi connectivity index (χ1v) is 8.13. The van der Waals surface area contributed by atoms with Crippen molar-refractivity contribution in [2.75, 3.05) is 13.2 Å². The Labute approximate surface area is 126 Å². The van der Waals surface area contributed by atoms with E-state index in [9.17, 15) is 4.79 Å². The molecule has 0 radical (unpaired) electrons. The number of ether oxygens (including phenoxy) is 2. The zero-order chi connectivity index (χ0) is 14.7. The molecular weight excluding hydrogens is 264 g/mol. The van der Waals surface area contributed by atoms with Gasteiger partial charge in [-0.3, -0.25) is 4.79 Å². The largest absolute Gasteiger partial charge is 0.494 e. The van der Waals surface area contributed by atoms with Crippen molar-refractivity contribution in [3.8, 4) is 5.75 Å². The van der Waals surface area contributed by atoms with E-state index in [0.29, 0.717) is 6.61 Å². The third-order valence-corrected chi connectivity index (χ3v) is 4.83. The molecule has 21 heavy (non-hydrogen) atoms. The molecule has 1 saturated carbocycles. The highest BCUT2D eigenvalue weighted by atomic mass is 16.5. The van der Waals surface area contributed by atoms with E-state index in [4.69, 9.17) is 9.47 Å². The first-order chi connectivity index (χ1) is 10.2. The maximum atomic E-state index is 12.7. The van der Waals surface area contributed by atoms with Gasteiger partial charge in [0.2, 0.25) is 0 Å². The van der Waals surface area contributed by atoms with Gasteiger partial charge in [-0.25, -0.2) is 0 Å². The Morgan fingerprint density at radius 1 is 1.29 bits per heavy atom. The smallest absolute Gasteiger partial charge is 0.166 e. The minimum absolute atomic E-state index is 0.00381. The van der Waals surface area contributed by atoms with Crippen molar-refractivity contribution in [3.63, 3.8) is 0 Å². The zero-order valence-electron chi connectivity index (χ0n) is 12.8. The van der Waals surface area contributed by atoms with E-state index < -0.39 is 0 Å². The molecule has 1 saturated heterocycles. The Bertz CT molecular complexity index is 486. The molecule has 1 aliphatic heterocycles. The van der Waals surface area contributed by atoms with Crippen LogP contribution < -0.4 is 4.74 Å². The van der Waals surface area contributed by atoms with Gasteiger partial charge in [0.1, 0.15) is 5.75 Å². The van der Waals surface area contributed by atoms with E-state index in [1.54, 1.807) is 0 Å². The van der Waals surface area contributed by atoms with Gasteiger partial charge in [-0.15, -0.1) is 0 Å². The lowest BCUT2D eigenvalue weighted by molar-refractivity contribution is -0.0866. The summed E-state index contributed by atoms with van der Waals surface area (Å²) < 4.78 is 11.5. The molecule has 1 unspecified atom stereocenters. The number of hydrogen-bond donors (Lipinski definition) is 0. The maximum absolute atomic E-state index is 12.7. The molecule has 0 aromatic heterocycles. The van der Waals surface area contributed by atoms with Gasteiger partial charge < -0.3 is 9.47 Å². The van der Waals surface area contributed by atoms with Crippen LogP contribution in [-0.2, 0) is 4.74 Å². The summed E-state index contributed by atoms with van der Waals surface area (Å²) in [5.41, 5.74) is 0.808. The van der Waals surface area contributed by atoms with Crippen molar-refractivity contribution < 1.29 is 14.3 Å². The van der Waals surface area contributed by atoms with Gasteiger partial charge in [0, 0.05) is 18.1 Å². The average molecular weight is 288 g/mol. The Kier molecular flexibility index (Phi) is 4.29. The first kappa shape index (κ1) is 14.6. The number of benzene rings is 1. The van der Waals surface area contributed by atoms with Crippen LogP contribution in [0.2, 0.25) is 0 Å². The van der Waals surface area contributed by atoms with Crippen LogP contribution in [0.25, 0.3) is 0 Å². The van der Waals surface area contributed by atoms with Crippen LogP contribution in [0.5, 0.6) is 5.75 Å². The Morgan fingerprint density at radius 2 is 2.00 bits per heavy atom. The van der Waals surface area contributed by atoms with Crippen LogP contribution in [-0.4, -0.2) is 24.6 Å². The number of rotatable bonds is 4. The average Bonchev–Trinajstić information content (AvgIpc) is 2.95. The van der Waals surface area contributed by atoms with Crippen molar-refractivity contribution in [2.24, 2.45) is 5.92 Å². The second kappa shape index (κ2) is 6.18. The van der Waals surface area contributed by atoms with Crippen LogP contribution in [0.15, 0.2) is 24.3 Å². The lowest BCUT2D eigenvalue weighted by Gasteiger charge is -2.37. The lowest BCUT2D eigenvalue weighted by atomic mass is 9.81. The molecule has 3 rings (SSSR count). The molecular formula is C18H24O3. The number of ketones is 1. The fourth-order valence-corrected chi connectivity index (χ4v) is 3.74. The lowest BCUT2D eigenvalue weighted by Crippen LogP contribution is -2.39. The van der Waals surface area contributed by atoms with Crippen molar-refractivity contribution in [3.05, 3.63) is 29.8 Å². The summed E-state index contributed by atoms with van der Waals surface area (Å²) in [6.07, 6.45) is 6.49. The van der Waals surface area contributed by atoms with E-state index in [1.165, 1.54) is 12.8 Å². The summed E-state index contributed by atoms with van der Waals surface area (Å²) in [6, 6.07) is 7.57. The highest BCUT2D eigenvalue weighted by Gasteiger charge is 2.41. The zero-order valence-corrected chi connectivity index (χ0v) is 12.8. The van der Waals surface area contributed by atoms with Crippen LogP contribution in [0, 0.1) is 5.92 Å². The molecule has 3 heteroatoms. The quantitative estimate of drug-likeness (QED) is 0.785. The van der Waals surface area contributed by atoms with Crippen molar-refractivity contribution in [2.45, 2.75) is 51.0 Å². The summed E-state index contributed by atoms with van der Waals surface area (Å²) in [5.74, 6) is 1.22. The number of carbonyl (C=O) groups is 1. The fraction of sp³-hybridized carbons (Fsp3) is 0.611. The third kappa shape index (κ3) is 3.13. The standard InChI is InChI=1S/C18H24O3/c1-2-20-16-7-5-14(6-8-16)17(19)15-9-12-21-18(13-15)10-3-4-11-18/h5-8,15H,2-4,9-13H2,1H3. The molecule has 1 aromatic carbocycles. The molecule has 2 fully saturated rings. The van der Waals surface area contributed by atoms with E-state index in [2.05, 4.69) is 0 Å². The van der Waals surface area contributed by atoms with Crippen LogP contribution in [0.3, 0.4) is 0 Å². The number of Topliss-reactive ketones (excluding diaryl/α,β-unsaturated/α-hetero) is 1. The minimum atomic E-state index is 0.00381. The van der Waals surface area contributed by atoms with Gasteiger partial charge in [-0.1, -0.05) is 12.8 Å². The van der Waals surface area contributed by atoms with Crippen LogP contribution in [0.4, 0.5) is 0 Å². The molecule has 2 aliphatic rings. The third-order valence-electron chi connectivity index (χ3n) is 4.83. The van der Waals surface area contributed by atoms with Gasteiger partial charge in [0.15, 0.2) is 5.78 Å². The number of carbonyl (C=O) groups excluding carboxylic acids is 1. The van der Waals surface area contributed by atoms with Crippen molar-refractivity contribution in [1.29, 1.82) is 0 Å². The van der Waals surface area contributed by atoms with Crippen LogP contribution in [0.1, 0.15) is 55.8 Å². The molecule has 1 aliphatic carbocycles. The Morgan fingerprint density at radius 3 is 2.67 bits per heavy atom. The van der Waals surface area contributed by atoms with Crippen LogP contribution >= 0.6 is 0 Å². The predicted molar refractivity (Wildman–Crippen MR) is 81.8 cm³/mol. The molecule has 1 heterocycles. The molecule has 1 aromatic rings. The van der Waals surface area contributed by atoms with Gasteiger partial charge in [-0.05, 0) is 56.9 Å². The van der Waals surface area contributed by atoms with Gasteiger partial charge in [-0.2, -0.15) is 0 Å². The Balaban J connectivity index is 1.69. The molecule has 0 amide bonds. The fourth-order valence-electron chi connectivity index (χ4n) is 3.74. The van der Waals surface area contributed by atoms with Gasteiger partial charge >= 0.3 is 0 Å². The summed E-state index contributed by atoms with van der Waals surface area (Å²) >= 11 is 0. The summed E-state index contributed by atoms with van der Waals surface area (Å²) in [4.78, 5) is 12.7. The molecule has 114 valence electrons. The topological polar surface area (TPSA) is 35.5 Å². The summed E-state index contributed by atoms with van der Waals surface area (Å²) in [7, 11) is 0. The second-order valence-electron chi connectivity index (χ2n) is 6.25. The molecule has 1 spiro atoms. The highest BCUT2D eigenvalue weighted by molar-refractivity contribution is 5.98. The van der Waals surface area contributed by atoms with E-state index in [0.717, 1.165) is 43.6 Å². The molecule has 3 nitrogen and oxygen atoms in total. The molecule has 1 atom stereocenters. The molecule has 0 bridgehead atoms. The van der Waals surface area contributed by atoms with Gasteiger partial charge in [0.25, 0.3) is 0 Å². The summed E-state index contributed by atoms with van der Waals surface area (Å²) in [5, 5.41) is 0. The summed E-state index contributed by atoms with van der Waals surface area (Å²) in [6.45, 7) is 3.34. The van der Waals surface area contributed by atoms with Crippen molar-refractivity contribution >= 4 is 5.78 Å². The number of hydrogen-bond acceptors (Lipinski definition) is 3. The SMILES string of the molecule is CCOc1ccc(C(=O)C2CCOC3(CCCC3)C2)cc1. The van der Waals surface area contributed by atoms with E-state index in [1.807, 2.05) is 31.2 Å². The van der Waals surface area contributed by atoms with Crippen molar-refractivity contribution in [1.82, 2.24) is 0 Å². The first-order valence-electron chi connectivity index (χ1n) is 8.13. The highest BCUT2D eigenvalue weighted by Crippen LogP contribution is 2.42. The normalized spacial score (nSPS) is 24.1. The predicted octanol–water partition coefficient (Wildman–Crippen LogP) is 4.01. The molecule has 0 N–H and O–H groups in total. The van der Waals surface area contributed by atoms with E-state index >= 15 is 0 Å². The second-order valence-corrected chi connectivity index (χ2v) is 6.25. The maximum Gasteiger partial charge on any atom is 0.166 e. The monoisotopic (exact) mass is 288 g/mol. The van der Waals surface area contributed by atoms with E-state index in [-0.39, 0.29) is 17.3 Å². The minimum Gasteiger partial charge on any atom is -0.494 e. The van der Waals surface area contributed by atoms with Gasteiger partial charge in [0.05, 0.1) is 12.2 Å². The Hall–Kier alpha value is -1.35.